The Balaban J connectivity index is 2.28. The van der Waals surface area contributed by atoms with Crippen LogP contribution in [-0.4, -0.2) is 22.5 Å². The van der Waals surface area contributed by atoms with Gasteiger partial charge in [0.15, 0.2) is 0 Å². The first-order valence-corrected chi connectivity index (χ1v) is 5.52. The van der Waals surface area contributed by atoms with Gasteiger partial charge >= 0.3 is 0 Å². The standard InChI is InChI=1S/C13H16FNO/c1-13(2,16)12-8-7-11(15-12)9-5-3-4-6-10(9)14/h3-6,12,16H,7-8H2,1-2H3/t12-/m1/s1. The molecule has 0 aromatic heterocycles. The van der Waals surface area contributed by atoms with Gasteiger partial charge in [-0.3, -0.25) is 4.99 Å². The fourth-order valence-electron chi connectivity index (χ4n) is 2.00. The number of nitrogens with zero attached hydrogens (tertiary/aromatic N) is 1. The van der Waals surface area contributed by atoms with E-state index in [0.717, 1.165) is 18.6 Å². The zero-order chi connectivity index (χ0) is 11.8. The Morgan fingerprint density at radius 1 is 1.38 bits per heavy atom. The highest BCUT2D eigenvalue weighted by Gasteiger charge is 2.31. The van der Waals surface area contributed by atoms with Crippen molar-refractivity contribution in [1.82, 2.24) is 0 Å². The zero-order valence-corrected chi connectivity index (χ0v) is 9.57. The quantitative estimate of drug-likeness (QED) is 0.817. The van der Waals surface area contributed by atoms with E-state index in [4.69, 9.17) is 0 Å². The lowest BCUT2D eigenvalue weighted by Crippen LogP contribution is -2.32. The maximum absolute atomic E-state index is 13.5. The molecule has 0 bridgehead atoms. The van der Waals surface area contributed by atoms with Crippen LogP contribution in [0.2, 0.25) is 0 Å². The third-order valence-electron chi connectivity index (χ3n) is 2.97. The zero-order valence-electron chi connectivity index (χ0n) is 9.57. The van der Waals surface area contributed by atoms with Crippen LogP contribution in [0.15, 0.2) is 29.3 Å². The normalized spacial score (nSPS) is 21.0. The molecule has 0 radical (unpaired) electrons. The van der Waals surface area contributed by atoms with Crippen molar-refractivity contribution in [2.45, 2.75) is 38.3 Å². The van der Waals surface area contributed by atoms with Crippen LogP contribution in [0.25, 0.3) is 0 Å². The Morgan fingerprint density at radius 2 is 2.06 bits per heavy atom. The van der Waals surface area contributed by atoms with Gasteiger partial charge < -0.3 is 5.11 Å². The van der Waals surface area contributed by atoms with E-state index in [-0.39, 0.29) is 11.9 Å². The van der Waals surface area contributed by atoms with Crippen molar-refractivity contribution < 1.29 is 9.50 Å². The topological polar surface area (TPSA) is 32.6 Å². The summed E-state index contributed by atoms with van der Waals surface area (Å²) in [7, 11) is 0. The predicted molar refractivity (Wildman–Crippen MR) is 62.3 cm³/mol. The first kappa shape index (κ1) is 11.3. The second-order valence-electron chi connectivity index (χ2n) is 4.76. The van der Waals surface area contributed by atoms with E-state index in [9.17, 15) is 9.50 Å². The highest BCUT2D eigenvalue weighted by Crippen LogP contribution is 2.26. The molecule has 2 rings (SSSR count). The molecule has 1 aromatic carbocycles. The molecule has 3 heteroatoms. The van der Waals surface area contributed by atoms with E-state index in [1.54, 1.807) is 32.0 Å². The summed E-state index contributed by atoms with van der Waals surface area (Å²) >= 11 is 0. The van der Waals surface area contributed by atoms with Crippen LogP contribution in [0.1, 0.15) is 32.3 Å². The second-order valence-corrected chi connectivity index (χ2v) is 4.76. The molecule has 0 amide bonds. The molecule has 1 aliphatic rings. The smallest absolute Gasteiger partial charge is 0.132 e. The maximum atomic E-state index is 13.5. The van der Waals surface area contributed by atoms with Gasteiger partial charge in [-0.25, -0.2) is 4.39 Å². The van der Waals surface area contributed by atoms with Gasteiger partial charge in [0.2, 0.25) is 0 Å². The number of benzene rings is 1. The summed E-state index contributed by atoms with van der Waals surface area (Å²) in [6.07, 6.45) is 1.52. The van der Waals surface area contributed by atoms with Gasteiger partial charge in [0.25, 0.3) is 0 Å². The minimum atomic E-state index is -0.826. The highest BCUT2D eigenvalue weighted by atomic mass is 19.1. The maximum Gasteiger partial charge on any atom is 0.132 e. The van der Waals surface area contributed by atoms with Crippen LogP contribution >= 0.6 is 0 Å². The van der Waals surface area contributed by atoms with Crippen LogP contribution in [0.5, 0.6) is 0 Å². The van der Waals surface area contributed by atoms with Gasteiger partial charge in [-0.15, -0.1) is 0 Å². The molecule has 1 aliphatic heterocycles. The average Bonchev–Trinajstić information content (AvgIpc) is 2.66. The number of halogens is 1. The van der Waals surface area contributed by atoms with E-state index in [2.05, 4.69) is 4.99 Å². The van der Waals surface area contributed by atoms with Gasteiger partial charge in [0.1, 0.15) is 5.82 Å². The fraction of sp³-hybridized carbons (Fsp3) is 0.462. The number of hydrogen-bond donors (Lipinski definition) is 1. The average molecular weight is 221 g/mol. The molecule has 0 fully saturated rings. The van der Waals surface area contributed by atoms with Crippen molar-refractivity contribution in [1.29, 1.82) is 0 Å². The van der Waals surface area contributed by atoms with E-state index >= 15 is 0 Å². The van der Waals surface area contributed by atoms with Crippen LogP contribution in [0.3, 0.4) is 0 Å². The molecule has 16 heavy (non-hydrogen) atoms. The van der Waals surface area contributed by atoms with Crippen molar-refractivity contribution in [3.8, 4) is 0 Å². The Hall–Kier alpha value is -1.22. The molecule has 0 saturated carbocycles. The summed E-state index contributed by atoms with van der Waals surface area (Å²) in [5.41, 5.74) is 0.506. The van der Waals surface area contributed by atoms with Gasteiger partial charge in [-0.05, 0) is 32.8 Å². The second kappa shape index (κ2) is 3.98. The molecule has 0 saturated heterocycles. The lowest BCUT2D eigenvalue weighted by Gasteiger charge is -2.22. The largest absolute Gasteiger partial charge is 0.388 e. The van der Waals surface area contributed by atoms with Crippen molar-refractivity contribution in [2.75, 3.05) is 0 Å². The highest BCUT2D eigenvalue weighted by molar-refractivity contribution is 6.02. The van der Waals surface area contributed by atoms with Gasteiger partial charge in [0, 0.05) is 11.3 Å². The molecule has 0 unspecified atom stereocenters. The first-order chi connectivity index (χ1) is 7.48. The molecular formula is C13H16FNO. The lowest BCUT2D eigenvalue weighted by atomic mass is 9.97. The molecule has 1 heterocycles. The van der Waals surface area contributed by atoms with E-state index < -0.39 is 5.60 Å². The molecule has 0 spiro atoms. The van der Waals surface area contributed by atoms with Crippen molar-refractivity contribution in [3.05, 3.63) is 35.6 Å². The summed E-state index contributed by atoms with van der Waals surface area (Å²) in [5, 5.41) is 9.85. The number of rotatable bonds is 2. The van der Waals surface area contributed by atoms with Crippen molar-refractivity contribution >= 4 is 5.71 Å². The Kier molecular flexibility index (Phi) is 2.80. The minimum absolute atomic E-state index is 0.123. The first-order valence-electron chi connectivity index (χ1n) is 5.52. The Morgan fingerprint density at radius 3 is 2.62 bits per heavy atom. The Labute approximate surface area is 94.8 Å². The van der Waals surface area contributed by atoms with Crippen LogP contribution in [-0.2, 0) is 0 Å². The third kappa shape index (κ3) is 2.14. The Bertz CT molecular complexity index is 420. The number of aliphatic imine (C=N–C) groups is 1. The summed E-state index contributed by atoms with van der Waals surface area (Å²) in [6, 6.07) is 6.53. The molecule has 1 aromatic rings. The fourth-order valence-corrected chi connectivity index (χ4v) is 2.00. The van der Waals surface area contributed by atoms with Crippen LogP contribution < -0.4 is 0 Å². The number of hydrogen-bond acceptors (Lipinski definition) is 2. The SMILES string of the molecule is CC(C)(O)[C@H]1CCC(c2ccccc2F)=N1. The summed E-state index contributed by atoms with van der Waals surface area (Å²) in [4.78, 5) is 4.42. The molecule has 2 nitrogen and oxygen atoms in total. The molecule has 0 aliphatic carbocycles. The van der Waals surface area contributed by atoms with Crippen molar-refractivity contribution in [2.24, 2.45) is 4.99 Å². The lowest BCUT2D eigenvalue weighted by molar-refractivity contribution is 0.0535. The van der Waals surface area contributed by atoms with Crippen molar-refractivity contribution in [3.63, 3.8) is 0 Å². The minimum Gasteiger partial charge on any atom is -0.388 e. The summed E-state index contributed by atoms with van der Waals surface area (Å²) < 4.78 is 13.5. The van der Waals surface area contributed by atoms with E-state index in [1.807, 2.05) is 0 Å². The summed E-state index contributed by atoms with van der Waals surface area (Å²) in [6.45, 7) is 3.48. The van der Waals surface area contributed by atoms with E-state index in [1.165, 1.54) is 6.07 Å². The predicted octanol–water partition coefficient (Wildman–Crippen LogP) is 2.55. The molecular weight excluding hydrogens is 205 g/mol. The van der Waals surface area contributed by atoms with Crippen LogP contribution in [0, 0.1) is 5.82 Å². The van der Waals surface area contributed by atoms with Gasteiger partial charge in [-0.1, -0.05) is 18.2 Å². The monoisotopic (exact) mass is 221 g/mol. The molecule has 86 valence electrons. The summed E-state index contributed by atoms with van der Waals surface area (Å²) in [5.74, 6) is -0.238. The molecule has 1 N–H and O–H groups in total. The van der Waals surface area contributed by atoms with Gasteiger partial charge in [0.05, 0.1) is 11.6 Å². The molecule has 1 atom stereocenters. The van der Waals surface area contributed by atoms with Gasteiger partial charge in [-0.2, -0.15) is 0 Å². The third-order valence-corrected chi connectivity index (χ3v) is 2.97. The number of aliphatic hydroxyl groups is 1. The van der Waals surface area contributed by atoms with Crippen LogP contribution in [0.4, 0.5) is 4.39 Å². The van der Waals surface area contributed by atoms with E-state index in [0.29, 0.717) is 5.56 Å².